The number of carbonyl (C=O) groups excluding carboxylic acids is 1. The summed E-state index contributed by atoms with van der Waals surface area (Å²) in [4.78, 5) is 11.3. The van der Waals surface area contributed by atoms with E-state index < -0.39 is 5.97 Å². The second kappa shape index (κ2) is 4.59. The van der Waals surface area contributed by atoms with Gasteiger partial charge >= 0.3 is 5.97 Å². The molecule has 0 bridgehead atoms. The largest absolute Gasteiger partial charge is 0.465 e. The minimum atomic E-state index is -0.494. The van der Waals surface area contributed by atoms with Crippen LogP contribution in [0.5, 0.6) is 0 Å². The maximum Gasteiger partial charge on any atom is 0.338 e. The number of methoxy groups -OCH3 is 1. The van der Waals surface area contributed by atoms with Crippen LogP contribution in [-0.2, 0) is 11.3 Å². The summed E-state index contributed by atoms with van der Waals surface area (Å²) in [6.45, 7) is -0.213. The van der Waals surface area contributed by atoms with E-state index in [-0.39, 0.29) is 6.61 Å². The van der Waals surface area contributed by atoms with Gasteiger partial charge in [0.15, 0.2) is 0 Å². The van der Waals surface area contributed by atoms with Crippen molar-refractivity contribution in [1.29, 1.82) is 0 Å². The first-order valence-corrected chi connectivity index (χ1v) is 4.01. The number of esters is 1. The molecule has 0 aliphatic rings. The van der Waals surface area contributed by atoms with E-state index in [1.807, 2.05) is 0 Å². The highest BCUT2D eigenvalue weighted by Crippen LogP contribution is 2.16. The van der Waals surface area contributed by atoms with Crippen LogP contribution in [0.4, 0.5) is 5.69 Å². The van der Waals surface area contributed by atoms with Gasteiger partial charge in [-0.25, -0.2) is 4.79 Å². The second-order valence-corrected chi connectivity index (χ2v) is 2.67. The Kier molecular flexibility index (Phi) is 3.44. The number of nitrogens with two attached hydrogens (primary N) is 1. The van der Waals surface area contributed by atoms with Crippen molar-refractivity contribution in [3.05, 3.63) is 29.3 Å². The molecule has 4 N–H and O–H groups in total. The molecule has 0 aliphatic heterocycles. The topological polar surface area (TPSA) is 84.6 Å². The van der Waals surface area contributed by atoms with E-state index in [4.69, 9.17) is 10.9 Å². The lowest BCUT2D eigenvalue weighted by atomic mass is 10.1. The lowest BCUT2D eigenvalue weighted by Crippen LogP contribution is -2.10. The molecule has 0 unspecified atom stereocenters. The van der Waals surface area contributed by atoms with Crippen LogP contribution in [0, 0.1) is 0 Å². The molecule has 0 saturated carbocycles. The smallest absolute Gasteiger partial charge is 0.338 e. The predicted molar refractivity (Wildman–Crippen MR) is 51.5 cm³/mol. The number of ether oxygens (including phenoxy) is 1. The molecule has 14 heavy (non-hydrogen) atoms. The number of nitrogen functional groups attached to an aromatic ring is 1. The minimum absolute atomic E-state index is 0.213. The molecule has 0 amide bonds. The number of aliphatic hydroxyl groups is 1. The molecule has 0 aliphatic carbocycles. The fraction of sp³-hybridized carbons (Fsp3) is 0.222. The van der Waals surface area contributed by atoms with Crippen LogP contribution in [0.3, 0.4) is 0 Å². The molecule has 1 aromatic carbocycles. The molecule has 0 atom stereocenters. The summed E-state index contributed by atoms with van der Waals surface area (Å²) in [5, 5.41) is 8.97. The predicted octanol–water partition coefficient (Wildman–Crippen LogP) is 0.251. The summed E-state index contributed by atoms with van der Waals surface area (Å²) in [5.74, 6) is 4.69. The Morgan fingerprint density at radius 3 is 2.86 bits per heavy atom. The highest BCUT2D eigenvalue weighted by Gasteiger charge is 2.11. The van der Waals surface area contributed by atoms with Gasteiger partial charge in [-0.2, -0.15) is 0 Å². The number of hydrazine groups is 1. The number of rotatable bonds is 3. The summed E-state index contributed by atoms with van der Waals surface area (Å²) in [7, 11) is 1.28. The van der Waals surface area contributed by atoms with Crippen molar-refractivity contribution in [2.75, 3.05) is 12.5 Å². The van der Waals surface area contributed by atoms with Crippen LogP contribution in [-0.4, -0.2) is 18.2 Å². The lowest BCUT2D eigenvalue weighted by Gasteiger charge is -2.07. The van der Waals surface area contributed by atoms with Gasteiger partial charge in [0.25, 0.3) is 0 Å². The number of aliphatic hydroxyl groups excluding tert-OH is 1. The van der Waals surface area contributed by atoms with Crippen LogP contribution >= 0.6 is 0 Å². The molecule has 5 nitrogen and oxygen atoms in total. The molecule has 1 rings (SSSR count). The number of benzene rings is 1. The molecule has 0 aromatic heterocycles. The van der Waals surface area contributed by atoms with E-state index >= 15 is 0 Å². The van der Waals surface area contributed by atoms with Gasteiger partial charge in [0.1, 0.15) is 0 Å². The highest BCUT2D eigenvalue weighted by atomic mass is 16.5. The van der Waals surface area contributed by atoms with Gasteiger partial charge in [-0.3, -0.25) is 5.84 Å². The molecule has 0 fully saturated rings. The van der Waals surface area contributed by atoms with E-state index in [1.54, 1.807) is 12.1 Å². The fourth-order valence-corrected chi connectivity index (χ4v) is 1.10. The van der Waals surface area contributed by atoms with E-state index in [1.165, 1.54) is 13.2 Å². The first-order valence-electron chi connectivity index (χ1n) is 4.01. The summed E-state index contributed by atoms with van der Waals surface area (Å²) < 4.78 is 4.56. The molecule has 0 radical (unpaired) electrons. The van der Waals surface area contributed by atoms with E-state index in [0.717, 1.165) is 0 Å². The van der Waals surface area contributed by atoms with E-state index in [0.29, 0.717) is 16.8 Å². The van der Waals surface area contributed by atoms with Crippen molar-refractivity contribution in [2.45, 2.75) is 6.61 Å². The van der Waals surface area contributed by atoms with Gasteiger partial charge in [0, 0.05) is 5.69 Å². The van der Waals surface area contributed by atoms with E-state index in [9.17, 15) is 4.79 Å². The number of anilines is 1. The first kappa shape index (κ1) is 10.5. The Labute approximate surface area is 81.5 Å². The van der Waals surface area contributed by atoms with Crippen molar-refractivity contribution in [2.24, 2.45) is 5.84 Å². The van der Waals surface area contributed by atoms with Gasteiger partial charge in [-0.15, -0.1) is 0 Å². The third-order valence-corrected chi connectivity index (χ3v) is 1.85. The average Bonchev–Trinajstić information content (AvgIpc) is 2.27. The van der Waals surface area contributed by atoms with Crippen LogP contribution in [0.25, 0.3) is 0 Å². The molecule has 76 valence electrons. The summed E-state index contributed by atoms with van der Waals surface area (Å²) in [6, 6.07) is 4.80. The monoisotopic (exact) mass is 196 g/mol. The first-order chi connectivity index (χ1) is 6.72. The molecule has 5 heteroatoms. The molecule has 0 heterocycles. The molecule has 0 spiro atoms. The van der Waals surface area contributed by atoms with Crippen LogP contribution < -0.4 is 11.3 Å². The maximum atomic E-state index is 11.3. The number of carbonyl (C=O) groups is 1. The summed E-state index contributed by atoms with van der Waals surface area (Å²) >= 11 is 0. The standard InChI is InChI=1S/C9H12N2O3/c1-14-9(13)8-4-7(11-10)3-2-6(8)5-12/h2-4,11-12H,5,10H2,1H3. The van der Waals surface area contributed by atoms with Gasteiger partial charge in [-0.05, 0) is 17.7 Å². The highest BCUT2D eigenvalue weighted by molar-refractivity contribution is 5.92. The van der Waals surface area contributed by atoms with Gasteiger partial charge in [0.05, 0.1) is 19.3 Å². The van der Waals surface area contributed by atoms with Crippen molar-refractivity contribution in [1.82, 2.24) is 0 Å². The quantitative estimate of drug-likeness (QED) is 0.366. The third-order valence-electron chi connectivity index (χ3n) is 1.85. The molecule has 1 aromatic rings. The Hall–Kier alpha value is -1.59. The van der Waals surface area contributed by atoms with Crippen LogP contribution in [0.15, 0.2) is 18.2 Å². The lowest BCUT2D eigenvalue weighted by molar-refractivity contribution is 0.0597. The zero-order chi connectivity index (χ0) is 10.6. The zero-order valence-corrected chi connectivity index (χ0v) is 7.78. The second-order valence-electron chi connectivity index (χ2n) is 2.67. The molecular weight excluding hydrogens is 184 g/mol. The summed E-state index contributed by atoms with van der Waals surface area (Å²) in [5.41, 5.74) is 3.81. The normalized spacial score (nSPS) is 9.64. The van der Waals surface area contributed by atoms with E-state index in [2.05, 4.69) is 10.2 Å². The van der Waals surface area contributed by atoms with Crippen molar-refractivity contribution in [3.63, 3.8) is 0 Å². The third kappa shape index (κ3) is 2.01. The van der Waals surface area contributed by atoms with Gasteiger partial charge in [-0.1, -0.05) is 6.07 Å². The number of hydrogen-bond acceptors (Lipinski definition) is 5. The Morgan fingerprint density at radius 2 is 2.36 bits per heavy atom. The summed E-state index contributed by atoms with van der Waals surface area (Å²) in [6.07, 6.45) is 0. The zero-order valence-electron chi connectivity index (χ0n) is 7.78. The Bertz CT molecular complexity index is 339. The van der Waals surface area contributed by atoms with Crippen molar-refractivity contribution >= 4 is 11.7 Å². The van der Waals surface area contributed by atoms with Gasteiger partial charge in [0.2, 0.25) is 0 Å². The number of nitrogens with one attached hydrogen (secondary N) is 1. The number of hydrogen-bond donors (Lipinski definition) is 3. The Balaban J connectivity index is 3.14. The Morgan fingerprint density at radius 1 is 1.64 bits per heavy atom. The maximum absolute atomic E-state index is 11.3. The van der Waals surface area contributed by atoms with Crippen LogP contribution in [0.2, 0.25) is 0 Å². The minimum Gasteiger partial charge on any atom is -0.465 e. The average molecular weight is 196 g/mol. The van der Waals surface area contributed by atoms with Gasteiger partial charge < -0.3 is 15.3 Å². The fourth-order valence-electron chi connectivity index (χ4n) is 1.10. The SMILES string of the molecule is COC(=O)c1cc(NN)ccc1CO. The van der Waals surface area contributed by atoms with Crippen molar-refractivity contribution < 1.29 is 14.6 Å². The van der Waals surface area contributed by atoms with Crippen LogP contribution in [0.1, 0.15) is 15.9 Å². The molecular formula is C9H12N2O3. The van der Waals surface area contributed by atoms with Crippen molar-refractivity contribution in [3.8, 4) is 0 Å². The molecule has 0 saturated heterocycles.